The Kier molecular flexibility index (Phi) is 5.49. The molecule has 1 aliphatic rings. The highest BCUT2D eigenvalue weighted by molar-refractivity contribution is 5.95. The average molecular weight is 397 g/mol. The molecule has 1 atom stereocenters. The van der Waals surface area contributed by atoms with Crippen molar-refractivity contribution >= 4 is 17.6 Å². The van der Waals surface area contributed by atoms with Crippen molar-refractivity contribution in [3.05, 3.63) is 95.1 Å². The molecule has 5 heteroatoms. The molecule has 5 nitrogen and oxygen atoms in total. The molecule has 0 aliphatic carbocycles. The van der Waals surface area contributed by atoms with E-state index in [2.05, 4.69) is 17.2 Å². The van der Waals surface area contributed by atoms with Crippen LogP contribution in [0.5, 0.6) is 5.75 Å². The maximum atomic E-state index is 12.6. The molecule has 1 aliphatic heterocycles. The maximum Gasteiger partial charge on any atom is 0.337 e. The number of para-hydroxylation sites is 1. The van der Waals surface area contributed by atoms with Gasteiger partial charge in [0, 0.05) is 23.2 Å². The number of hydrogen-bond acceptors (Lipinski definition) is 4. The molecule has 0 unspecified atom stereocenters. The first-order valence-electron chi connectivity index (χ1n) is 9.48. The number of hydrogen-bond donors (Lipinski definition) is 1. The molecule has 148 valence electrons. The average Bonchev–Trinajstić information content (AvgIpc) is 3.22. The second kappa shape index (κ2) is 8.54. The van der Waals surface area contributed by atoms with Crippen LogP contribution < -0.4 is 10.1 Å². The summed E-state index contributed by atoms with van der Waals surface area (Å²) >= 11 is 0. The lowest BCUT2D eigenvalue weighted by atomic mass is 10.1. The summed E-state index contributed by atoms with van der Waals surface area (Å²) in [6, 6.07) is 21.9. The fourth-order valence-corrected chi connectivity index (χ4v) is 3.21. The minimum Gasteiger partial charge on any atom is -0.480 e. The molecule has 0 aromatic heterocycles. The summed E-state index contributed by atoms with van der Waals surface area (Å²) in [4.78, 5) is 24.2. The van der Waals surface area contributed by atoms with Gasteiger partial charge in [0.05, 0.1) is 12.7 Å². The molecule has 1 amide bonds. The lowest BCUT2D eigenvalue weighted by molar-refractivity contribution is -0.122. The number of benzene rings is 3. The van der Waals surface area contributed by atoms with E-state index in [0.717, 1.165) is 16.9 Å². The van der Waals surface area contributed by atoms with Crippen LogP contribution in [0.25, 0.3) is 0 Å². The van der Waals surface area contributed by atoms with E-state index in [1.165, 1.54) is 7.11 Å². The third kappa shape index (κ3) is 4.34. The predicted molar refractivity (Wildman–Crippen MR) is 113 cm³/mol. The summed E-state index contributed by atoms with van der Waals surface area (Å²) in [7, 11) is 1.34. The molecule has 0 spiro atoms. The standard InChI is InChI=1S/C25H19NO4/c1-29-25(28)20-9-4-6-17(14-20)12-13-18-7-5-10-21(15-18)26-24(27)23-16-19-8-2-3-11-22(19)30-23/h2-11,14-15,23H,16H2,1H3,(H,26,27)/t23-/m0/s1. The second-order valence-corrected chi connectivity index (χ2v) is 6.81. The number of nitrogens with one attached hydrogen (secondary N) is 1. The van der Waals surface area contributed by atoms with Crippen LogP contribution >= 0.6 is 0 Å². The Labute approximate surface area is 174 Å². The normalized spacial score (nSPS) is 14.0. The minimum atomic E-state index is -0.543. The van der Waals surface area contributed by atoms with Gasteiger partial charge in [-0.2, -0.15) is 0 Å². The fourth-order valence-electron chi connectivity index (χ4n) is 3.21. The van der Waals surface area contributed by atoms with Gasteiger partial charge in [0.1, 0.15) is 5.75 Å². The van der Waals surface area contributed by atoms with E-state index in [-0.39, 0.29) is 5.91 Å². The van der Waals surface area contributed by atoms with Gasteiger partial charge in [0.15, 0.2) is 6.10 Å². The Bertz CT molecular complexity index is 1150. The van der Waals surface area contributed by atoms with Crippen LogP contribution in [0.4, 0.5) is 5.69 Å². The fraction of sp³-hybridized carbons (Fsp3) is 0.120. The molecule has 0 fully saturated rings. The molecule has 3 aromatic carbocycles. The van der Waals surface area contributed by atoms with Gasteiger partial charge in [-0.05, 0) is 48.0 Å². The molecule has 30 heavy (non-hydrogen) atoms. The number of amides is 1. The van der Waals surface area contributed by atoms with E-state index in [0.29, 0.717) is 23.2 Å². The van der Waals surface area contributed by atoms with Crippen molar-refractivity contribution in [2.24, 2.45) is 0 Å². The third-order valence-electron chi connectivity index (χ3n) is 4.70. The highest BCUT2D eigenvalue weighted by atomic mass is 16.5. The molecule has 3 aromatic rings. The summed E-state index contributed by atoms with van der Waals surface area (Å²) < 4.78 is 10.5. The van der Waals surface area contributed by atoms with Gasteiger partial charge in [0.2, 0.25) is 0 Å². The molecule has 0 radical (unpaired) electrons. The van der Waals surface area contributed by atoms with Gasteiger partial charge in [-0.25, -0.2) is 4.79 Å². The highest BCUT2D eigenvalue weighted by Gasteiger charge is 2.28. The first kappa shape index (κ1) is 19.3. The Morgan fingerprint density at radius 3 is 2.47 bits per heavy atom. The van der Waals surface area contributed by atoms with E-state index in [1.54, 1.807) is 24.3 Å². The SMILES string of the molecule is COC(=O)c1cccc(C#Cc2cccc(NC(=O)[C@@H]3Cc4ccccc4O3)c2)c1. The van der Waals surface area contributed by atoms with Crippen LogP contribution in [0.1, 0.15) is 27.0 Å². The number of fused-ring (bicyclic) bond motifs is 1. The van der Waals surface area contributed by atoms with Crippen molar-refractivity contribution in [3.63, 3.8) is 0 Å². The van der Waals surface area contributed by atoms with Gasteiger partial charge in [-0.15, -0.1) is 0 Å². The molecule has 1 N–H and O–H groups in total. The van der Waals surface area contributed by atoms with E-state index < -0.39 is 12.1 Å². The van der Waals surface area contributed by atoms with E-state index in [4.69, 9.17) is 9.47 Å². The van der Waals surface area contributed by atoms with Gasteiger partial charge in [-0.1, -0.05) is 42.2 Å². The van der Waals surface area contributed by atoms with Crippen molar-refractivity contribution in [2.75, 3.05) is 12.4 Å². The Morgan fingerprint density at radius 2 is 1.70 bits per heavy atom. The van der Waals surface area contributed by atoms with Gasteiger partial charge in [-0.3, -0.25) is 4.79 Å². The molecule has 0 saturated carbocycles. The minimum absolute atomic E-state index is 0.193. The Hall–Kier alpha value is -4.04. The van der Waals surface area contributed by atoms with Crippen LogP contribution in [0.3, 0.4) is 0 Å². The second-order valence-electron chi connectivity index (χ2n) is 6.81. The molecule has 1 heterocycles. The zero-order chi connectivity index (χ0) is 20.9. The number of rotatable bonds is 3. The van der Waals surface area contributed by atoms with E-state index in [9.17, 15) is 9.59 Å². The van der Waals surface area contributed by atoms with Crippen molar-refractivity contribution < 1.29 is 19.1 Å². The molecule has 4 rings (SSSR count). The molecule has 0 bridgehead atoms. The highest BCUT2D eigenvalue weighted by Crippen LogP contribution is 2.28. The molecular formula is C25H19NO4. The number of carbonyl (C=O) groups excluding carboxylic acids is 2. The lowest BCUT2D eigenvalue weighted by Crippen LogP contribution is -2.31. The first-order chi connectivity index (χ1) is 14.6. The summed E-state index contributed by atoms with van der Waals surface area (Å²) in [5.41, 5.74) is 3.57. The smallest absolute Gasteiger partial charge is 0.337 e. The molecule has 0 saturated heterocycles. The third-order valence-corrected chi connectivity index (χ3v) is 4.70. The Morgan fingerprint density at radius 1 is 0.967 bits per heavy atom. The summed E-state index contributed by atoms with van der Waals surface area (Å²) in [6.45, 7) is 0. The van der Waals surface area contributed by atoms with E-state index in [1.807, 2.05) is 48.5 Å². The van der Waals surface area contributed by atoms with Crippen molar-refractivity contribution in [1.82, 2.24) is 0 Å². The van der Waals surface area contributed by atoms with E-state index >= 15 is 0 Å². The quantitative estimate of drug-likeness (QED) is 0.539. The van der Waals surface area contributed by atoms with Crippen molar-refractivity contribution in [3.8, 4) is 17.6 Å². The maximum absolute atomic E-state index is 12.6. The van der Waals surface area contributed by atoms with Gasteiger partial charge < -0.3 is 14.8 Å². The summed E-state index contributed by atoms with van der Waals surface area (Å²) in [5, 5.41) is 2.90. The molecular weight excluding hydrogens is 378 g/mol. The van der Waals surface area contributed by atoms with Crippen LogP contribution in [0, 0.1) is 11.8 Å². The van der Waals surface area contributed by atoms with Crippen LogP contribution in [-0.2, 0) is 16.0 Å². The van der Waals surface area contributed by atoms with Gasteiger partial charge >= 0.3 is 5.97 Å². The van der Waals surface area contributed by atoms with Crippen LogP contribution in [0.2, 0.25) is 0 Å². The topological polar surface area (TPSA) is 64.6 Å². The zero-order valence-corrected chi connectivity index (χ0v) is 16.3. The van der Waals surface area contributed by atoms with Crippen LogP contribution in [0.15, 0.2) is 72.8 Å². The zero-order valence-electron chi connectivity index (χ0n) is 16.3. The predicted octanol–water partition coefficient (Wildman–Crippen LogP) is 3.82. The lowest BCUT2D eigenvalue weighted by Gasteiger charge is -2.11. The summed E-state index contributed by atoms with van der Waals surface area (Å²) in [6.07, 6.45) is 0.0103. The van der Waals surface area contributed by atoms with Gasteiger partial charge in [0.25, 0.3) is 5.91 Å². The number of anilines is 1. The number of carbonyl (C=O) groups is 2. The number of ether oxygens (including phenoxy) is 2. The van der Waals surface area contributed by atoms with Crippen molar-refractivity contribution in [1.29, 1.82) is 0 Å². The number of methoxy groups -OCH3 is 1. The first-order valence-corrected chi connectivity index (χ1v) is 9.48. The number of esters is 1. The van der Waals surface area contributed by atoms with Crippen molar-refractivity contribution in [2.45, 2.75) is 12.5 Å². The summed E-state index contributed by atoms with van der Waals surface area (Å²) in [5.74, 6) is 6.25. The monoisotopic (exact) mass is 397 g/mol. The Balaban J connectivity index is 1.45. The largest absolute Gasteiger partial charge is 0.480 e. The van der Waals surface area contributed by atoms with Crippen LogP contribution in [-0.4, -0.2) is 25.1 Å².